The Bertz CT molecular complexity index is 631. The lowest BCUT2D eigenvalue weighted by Gasteiger charge is -2.19. The van der Waals surface area contributed by atoms with Crippen LogP contribution in [0.5, 0.6) is 5.75 Å². The smallest absolute Gasteiger partial charge is 0.404 e. The van der Waals surface area contributed by atoms with Crippen molar-refractivity contribution in [2.24, 2.45) is 0 Å². The van der Waals surface area contributed by atoms with Gasteiger partial charge < -0.3 is 9.47 Å². The number of sulfonamides is 1. The van der Waals surface area contributed by atoms with Gasteiger partial charge in [0.25, 0.3) is 0 Å². The maximum atomic E-state index is 12.4. The fraction of sp³-hybridized carbons (Fsp3) is 0.455. The van der Waals surface area contributed by atoms with Crippen LogP contribution in [0, 0.1) is 0 Å². The number of likely N-dealkylation sites (N-methyl/N-ethyl adjacent to an activating group) is 1. The van der Waals surface area contributed by atoms with E-state index in [-0.39, 0.29) is 17.1 Å². The van der Waals surface area contributed by atoms with Crippen molar-refractivity contribution in [1.82, 2.24) is 4.31 Å². The van der Waals surface area contributed by atoms with E-state index in [1.165, 1.54) is 13.1 Å². The topological polar surface area (TPSA) is 59.1 Å². The number of hydrogen-bond donors (Lipinski definition) is 0. The van der Waals surface area contributed by atoms with Crippen molar-refractivity contribution in [2.45, 2.75) is 17.4 Å². The van der Waals surface area contributed by atoms with Crippen LogP contribution in [-0.2, 0) is 14.8 Å². The van der Waals surface area contributed by atoms with Gasteiger partial charge in [-0.1, -0.05) is 15.9 Å². The summed E-state index contributed by atoms with van der Waals surface area (Å²) in [6, 6.07) is 3.35. The zero-order chi connectivity index (χ0) is 15.8. The third-order valence-corrected chi connectivity index (χ3v) is 5.04. The molecular formula is C11H11BrF3NO4S. The van der Waals surface area contributed by atoms with Crippen molar-refractivity contribution in [2.75, 3.05) is 20.2 Å². The minimum Gasteiger partial charge on any atom is -0.404 e. The van der Waals surface area contributed by atoms with Crippen LogP contribution in [0.2, 0.25) is 0 Å². The summed E-state index contributed by atoms with van der Waals surface area (Å²) in [6.45, 7) is 0.510. The van der Waals surface area contributed by atoms with Crippen molar-refractivity contribution in [3.05, 3.63) is 22.7 Å². The van der Waals surface area contributed by atoms with Gasteiger partial charge in [0, 0.05) is 18.1 Å². The SMILES string of the molecule is CN(C[C@H]1CO1)S(=O)(=O)c1ccc(Br)cc1OC(F)(F)F. The maximum Gasteiger partial charge on any atom is 0.573 e. The van der Waals surface area contributed by atoms with Crippen molar-refractivity contribution in [1.29, 1.82) is 0 Å². The minimum absolute atomic E-state index is 0.0733. The quantitative estimate of drug-likeness (QED) is 0.725. The first kappa shape index (κ1) is 16.5. The Morgan fingerprint density at radius 1 is 1.48 bits per heavy atom. The van der Waals surface area contributed by atoms with E-state index in [9.17, 15) is 21.6 Å². The molecule has 0 aromatic heterocycles. The summed E-state index contributed by atoms with van der Waals surface area (Å²) in [6.07, 6.45) is -5.20. The third-order valence-electron chi connectivity index (χ3n) is 2.68. The highest BCUT2D eigenvalue weighted by molar-refractivity contribution is 9.10. The molecule has 0 spiro atoms. The molecule has 1 aromatic carbocycles. The third kappa shape index (κ3) is 4.31. The summed E-state index contributed by atoms with van der Waals surface area (Å²) in [4.78, 5) is -0.550. The molecule has 1 aliphatic heterocycles. The average molecular weight is 390 g/mol. The van der Waals surface area contributed by atoms with E-state index in [2.05, 4.69) is 20.7 Å². The van der Waals surface area contributed by atoms with Gasteiger partial charge >= 0.3 is 6.36 Å². The first-order valence-corrected chi connectivity index (χ1v) is 7.96. The lowest BCUT2D eigenvalue weighted by atomic mass is 10.3. The molecule has 1 atom stereocenters. The lowest BCUT2D eigenvalue weighted by Crippen LogP contribution is -2.31. The van der Waals surface area contributed by atoms with E-state index in [1.54, 1.807) is 0 Å². The zero-order valence-electron chi connectivity index (χ0n) is 10.7. The first-order chi connectivity index (χ1) is 9.59. The summed E-state index contributed by atoms with van der Waals surface area (Å²) in [5.41, 5.74) is 0. The summed E-state index contributed by atoms with van der Waals surface area (Å²) in [5.74, 6) is -0.777. The van der Waals surface area contributed by atoms with E-state index in [0.29, 0.717) is 6.61 Å². The molecule has 0 bridgehead atoms. The predicted octanol–water partition coefficient (Wildman–Crippen LogP) is 2.37. The van der Waals surface area contributed by atoms with Gasteiger partial charge in [0.05, 0.1) is 12.7 Å². The van der Waals surface area contributed by atoms with Gasteiger partial charge in [-0.2, -0.15) is 4.31 Å². The van der Waals surface area contributed by atoms with Crippen molar-refractivity contribution in [3.63, 3.8) is 0 Å². The first-order valence-electron chi connectivity index (χ1n) is 5.73. The molecule has 118 valence electrons. The Labute approximate surface area is 127 Å². The molecule has 0 aliphatic carbocycles. The molecule has 0 unspecified atom stereocenters. The molecule has 1 aliphatic rings. The van der Waals surface area contributed by atoms with Gasteiger partial charge in [-0.25, -0.2) is 8.42 Å². The monoisotopic (exact) mass is 389 g/mol. The van der Waals surface area contributed by atoms with Gasteiger partial charge in [-0.05, 0) is 18.2 Å². The van der Waals surface area contributed by atoms with Crippen molar-refractivity contribution < 1.29 is 31.1 Å². The number of alkyl halides is 3. The van der Waals surface area contributed by atoms with E-state index in [4.69, 9.17) is 4.74 Å². The largest absolute Gasteiger partial charge is 0.573 e. The molecule has 0 saturated carbocycles. The summed E-state index contributed by atoms with van der Waals surface area (Å²) >= 11 is 2.98. The molecular weight excluding hydrogens is 379 g/mol. The fourth-order valence-electron chi connectivity index (χ4n) is 1.63. The number of epoxide rings is 1. The van der Waals surface area contributed by atoms with Gasteiger partial charge in [-0.3, -0.25) is 0 Å². The van der Waals surface area contributed by atoms with Crippen LogP contribution >= 0.6 is 15.9 Å². The van der Waals surface area contributed by atoms with Crippen LogP contribution in [0.3, 0.4) is 0 Å². The normalized spacial score (nSPS) is 18.9. The number of rotatable bonds is 5. The second kappa shape index (κ2) is 5.75. The number of halogens is 4. The highest BCUT2D eigenvalue weighted by Gasteiger charge is 2.36. The summed E-state index contributed by atoms with van der Waals surface area (Å²) < 4.78 is 71.8. The predicted molar refractivity (Wildman–Crippen MR) is 70.4 cm³/mol. The average Bonchev–Trinajstić information content (AvgIpc) is 3.10. The van der Waals surface area contributed by atoms with Gasteiger partial charge in [0.15, 0.2) is 5.75 Å². The number of nitrogens with zero attached hydrogens (tertiary/aromatic N) is 1. The standard InChI is InChI=1S/C11H11BrF3NO4S/c1-16(5-8-6-19-8)21(17,18)10-3-2-7(12)4-9(10)20-11(13,14)15/h2-4,8H,5-6H2,1H3/t8-/m0/s1. The molecule has 10 heteroatoms. The molecule has 1 heterocycles. The second-order valence-corrected chi connectivity index (χ2v) is 7.31. The van der Waals surface area contributed by atoms with Crippen molar-refractivity contribution in [3.8, 4) is 5.75 Å². The Kier molecular flexibility index (Phi) is 4.52. The van der Waals surface area contributed by atoms with Crippen LogP contribution in [0.4, 0.5) is 13.2 Å². The van der Waals surface area contributed by atoms with Gasteiger partial charge in [0.2, 0.25) is 10.0 Å². The van der Waals surface area contributed by atoms with Crippen LogP contribution in [0.1, 0.15) is 0 Å². The van der Waals surface area contributed by atoms with Crippen LogP contribution in [0.25, 0.3) is 0 Å². The summed E-state index contributed by atoms with van der Waals surface area (Å²) in [7, 11) is -2.83. The molecule has 0 amide bonds. The minimum atomic E-state index is -4.98. The zero-order valence-corrected chi connectivity index (χ0v) is 13.1. The fourth-order valence-corrected chi connectivity index (χ4v) is 3.26. The Hall–Kier alpha value is -0.840. The maximum absolute atomic E-state index is 12.4. The Morgan fingerprint density at radius 2 is 2.10 bits per heavy atom. The number of benzene rings is 1. The van der Waals surface area contributed by atoms with E-state index in [0.717, 1.165) is 16.4 Å². The second-order valence-electron chi connectivity index (χ2n) is 4.38. The molecule has 21 heavy (non-hydrogen) atoms. The highest BCUT2D eigenvalue weighted by atomic mass is 79.9. The molecule has 1 fully saturated rings. The molecule has 1 aromatic rings. The van der Waals surface area contributed by atoms with E-state index >= 15 is 0 Å². The highest BCUT2D eigenvalue weighted by Crippen LogP contribution is 2.33. The van der Waals surface area contributed by atoms with E-state index in [1.807, 2.05) is 0 Å². The molecule has 0 N–H and O–H groups in total. The number of hydrogen-bond acceptors (Lipinski definition) is 4. The van der Waals surface area contributed by atoms with Gasteiger partial charge in [0.1, 0.15) is 4.90 Å². The van der Waals surface area contributed by atoms with Crippen molar-refractivity contribution >= 4 is 26.0 Å². The Morgan fingerprint density at radius 3 is 2.62 bits per heavy atom. The number of ether oxygens (including phenoxy) is 2. The molecule has 1 saturated heterocycles. The van der Waals surface area contributed by atoms with E-state index < -0.39 is 27.0 Å². The van der Waals surface area contributed by atoms with Crippen LogP contribution in [0.15, 0.2) is 27.6 Å². The molecule has 2 rings (SSSR count). The van der Waals surface area contributed by atoms with Crippen LogP contribution in [-0.4, -0.2) is 45.4 Å². The summed E-state index contributed by atoms with van der Waals surface area (Å²) in [5, 5.41) is 0. The van der Waals surface area contributed by atoms with Crippen LogP contribution < -0.4 is 4.74 Å². The van der Waals surface area contributed by atoms with Gasteiger partial charge in [-0.15, -0.1) is 13.2 Å². The Balaban J connectivity index is 2.36. The molecule has 0 radical (unpaired) electrons. The molecule has 5 nitrogen and oxygen atoms in total. The lowest BCUT2D eigenvalue weighted by molar-refractivity contribution is -0.275.